The van der Waals surface area contributed by atoms with Gasteiger partial charge in [0.25, 0.3) is 0 Å². The van der Waals surface area contributed by atoms with E-state index in [1.54, 1.807) is 0 Å². The Morgan fingerprint density at radius 1 is 1.69 bits per heavy atom. The van der Waals surface area contributed by atoms with Gasteiger partial charge in [0, 0.05) is 19.1 Å². The van der Waals surface area contributed by atoms with Gasteiger partial charge in [0.05, 0.1) is 19.3 Å². The third-order valence-corrected chi connectivity index (χ3v) is 2.44. The van der Waals surface area contributed by atoms with Crippen LogP contribution in [0.3, 0.4) is 0 Å². The largest absolute Gasteiger partial charge is 0.389 e. The average Bonchev–Trinajstić information content (AvgIpc) is 2.18. The Hall–Kier alpha value is -0.190. The normalized spacial score (nSPS) is 27.5. The zero-order valence-corrected chi connectivity index (χ0v) is 8.08. The summed E-state index contributed by atoms with van der Waals surface area (Å²) in [4.78, 5) is 2.10. The molecule has 13 heavy (non-hydrogen) atoms. The maximum absolute atomic E-state index is 12.1. The third-order valence-electron chi connectivity index (χ3n) is 2.44. The maximum Gasteiger partial charge on any atom is 0.117 e. The van der Waals surface area contributed by atoms with Crippen molar-refractivity contribution in [3.05, 3.63) is 0 Å². The van der Waals surface area contributed by atoms with Gasteiger partial charge in [0.1, 0.15) is 6.67 Å². The molecule has 1 N–H and O–H groups in total. The summed E-state index contributed by atoms with van der Waals surface area (Å²) in [6.07, 6.45) is 0.145. The Bertz CT molecular complexity index is 146. The summed E-state index contributed by atoms with van der Waals surface area (Å²) in [5.74, 6) is 0. The van der Waals surface area contributed by atoms with Gasteiger partial charge in [-0.15, -0.1) is 0 Å². The van der Waals surface area contributed by atoms with Gasteiger partial charge in [-0.25, -0.2) is 4.39 Å². The first-order valence-corrected chi connectivity index (χ1v) is 4.83. The van der Waals surface area contributed by atoms with Crippen LogP contribution in [-0.4, -0.2) is 55.1 Å². The average molecular weight is 191 g/mol. The van der Waals surface area contributed by atoms with E-state index >= 15 is 0 Å². The van der Waals surface area contributed by atoms with E-state index in [9.17, 15) is 4.39 Å². The van der Waals surface area contributed by atoms with E-state index in [1.807, 2.05) is 0 Å². The number of β-amino-alcohol motifs (C(OH)–C–C–N with tert-alkyl or cyclic N) is 1. The van der Waals surface area contributed by atoms with E-state index in [1.165, 1.54) is 0 Å². The summed E-state index contributed by atoms with van der Waals surface area (Å²) in [5.41, 5.74) is 0. The van der Waals surface area contributed by atoms with Crippen LogP contribution in [-0.2, 0) is 4.74 Å². The van der Waals surface area contributed by atoms with Crippen LogP contribution in [0.25, 0.3) is 0 Å². The molecule has 4 heteroatoms. The summed E-state index contributed by atoms with van der Waals surface area (Å²) in [6, 6.07) is 0.343. The molecule has 1 heterocycles. The summed E-state index contributed by atoms with van der Waals surface area (Å²) in [7, 11) is 0. The van der Waals surface area contributed by atoms with E-state index in [-0.39, 0.29) is 0 Å². The quantitative estimate of drug-likeness (QED) is 0.699. The van der Waals surface area contributed by atoms with Crippen molar-refractivity contribution in [3.63, 3.8) is 0 Å². The van der Waals surface area contributed by atoms with E-state index in [4.69, 9.17) is 9.84 Å². The lowest BCUT2D eigenvalue weighted by Crippen LogP contribution is -2.48. The molecule has 1 aliphatic heterocycles. The monoisotopic (exact) mass is 191 g/mol. The van der Waals surface area contributed by atoms with Crippen LogP contribution in [0.15, 0.2) is 0 Å². The second-order valence-corrected chi connectivity index (χ2v) is 3.44. The van der Waals surface area contributed by atoms with Crippen molar-refractivity contribution in [2.75, 3.05) is 33.0 Å². The molecule has 78 valence electrons. The van der Waals surface area contributed by atoms with Crippen LogP contribution in [0.1, 0.15) is 13.3 Å². The van der Waals surface area contributed by atoms with Crippen LogP contribution in [0.2, 0.25) is 0 Å². The highest BCUT2D eigenvalue weighted by molar-refractivity contribution is 4.76. The maximum atomic E-state index is 12.1. The molecule has 0 radical (unpaired) electrons. The minimum atomic E-state index is -0.841. The molecule has 0 aromatic rings. The lowest BCUT2D eigenvalue weighted by Gasteiger charge is -2.35. The Morgan fingerprint density at radius 3 is 3.08 bits per heavy atom. The molecule has 0 amide bonds. The van der Waals surface area contributed by atoms with Crippen molar-refractivity contribution < 1.29 is 14.2 Å². The number of rotatable bonds is 4. The lowest BCUT2D eigenvalue weighted by molar-refractivity contribution is -0.0302. The standard InChI is InChI=1S/C9H18FNO2/c1-2-8-7-13-4-3-11(8)6-9(12)5-10/h8-9,12H,2-7H2,1H3. The van der Waals surface area contributed by atoms with Gasteiger partial charge in [0.15, 0.2) is 0 Å². The third kappa shape index (κ3) is 3.21. The van der Waals surface area contributed by atoms with Crippen LogP contribution in [0.5, 0.6) is 0 Å². The fraction of sp³-hybridized carbons (Fsp3) is 1.00. The van der Waals surface area contributed by atoms with Gasteiger partial charge in [-0.2, -0.15) is 0 Å². The van der Waals surface area contributed by atoms with Gasteiger partial charge in [0.2, 0.25) is 0 Å². The molecule has 1 fully saturated rings. The lowest BCUT2D eigenvalue weighted by atomic mass is 10.1. The van der Waals surface area contributed by atoms with Crippen molar-refractivity contribution in [1.82, 2.24) is 4.90 Å². The molecule has 1 saturated heterocycles. The topological polar surface area (TPSA) is 32.7 Å². The first-order valence-electron chi connectivity index (χ1n) is 4.83. The number of aliphatic hydroxyl groups excluding tert-OH is 1. The fourth-order valence-corrected chi connectivity index (χ4v) is 1.63. The smallest absolute Gasteiger partial charge is 0.117 e. The second-order valence-electron chi connectivity index (χ2n) is 3.44. The number of hydrogen-bond donors (Lipinski definition) is 1. The number of halogens is 1. The number of aliphatic hydroxyl groups is 1. The number of hydrogen-bond acceptors (Lipinski definition) is 3. The predicted octanol–water partition coefficient (Wildman–Crippen LogP) is 0.428. The SMILES string of the molecule is CCC1COCCN1CC(O)CF. The summed E-state index contributed by atoms with van der Waals surface area (Å²) in [6.45, 7) is 4.04. The van der Waals surface area contributed by atoms with E-state index in [0.29, 0.717) is 25.8 Å². The van der Waals surface area contributed by atoms with Crippen LogP contribution in [0.4, 0.5) is 4.39 Å². The first-order chi connectivity index (χ1) is 6.27. The molecular formula is C9H18FNO2. The van der Waals surface area contributed by atoms with Gasteiger partial charge >= 0.3 is 0 Å². The molecule has 0 aromatic heterocycles. The van der Waals surface area contributed by atoms with Crippen molar-refractivity contribution >= 4 is 0 Å². The molecule has 0 bridgehead atoms. The van der Waals surface area contributed by atoms with Gasteiger partial charge < -0.3 is 9.84 Å². The molecule has 3 nitrogen and oxygen atoms in total. The minimum Gasteiger partial charge on any atom is -0.389 e. The Kier molecular flexibility index (Phi) is 4.62. The van der Waals surface area contributed by atoms with Crippen LogP contribution in [0, 0.1) is 0 Å². The molecule has 2 unspecified atom stereocenters. The predicted molar refractivity (Wildman–Crippen MR) is 48.5 cm³/mol. The van der Waals surface area contributed by atoms with Crippen molar-refractivity contribution in [3.8, 4) is 0 Å². The Labute approximate surface area is 78.5 Å². The van der Waals surface area contributed by atoms with E-state index < -0.39 is 12.8 Å². The van der Waals surface area contributed by atoms with Gasteiger partial charge in [-0.3, -0.25) is 4.90 Å². The summed E-state index contributed by atoms with van der Waals surface area (Å²) < 4.78 is 17.4. The zero-order valence-electron chi connectivity index (χ0n) is 8.08. The highest BCUT2D eigenvalue weighted by Gasteiger charge is 2.23. The highest BCUT2D eigenvalue weighted by Crippen LogP contribution is 2.10. The van der Waals surface area contributed by atoms with Crippen molar-refractivity contribution in [1.29, 1.82) is 0 Å². The number of alkyl halides is 1. The number of morpholine rings is 1. The fourth-order valence-electron chi connectivity index (χ4n) is 1.63. The molecule has 1 rings (SSSR count). The molecule has 2 atom stereocenters. The summed E-state index contributed by atoms with van der Waals surface area (Å²) >= 11 is 0. The zero-order chi connectivity index (χ0) is 9.68. The van der Waals surface area contributed by atoms with E-state index in [2.05, 4.69) is 11.8 Å². The van der Waals surface area contributed by atoms with E-state index in [0.717, 1.165) is 13.0 Å². The molecule has 0 saturated carbocycles. The number of nitrogens with zero attached hydrogens (tertiary/aromatic N) is 1. The second kappa shape index (κ2) is 5.52. The highest BCUT2D eigenvalue weighted by atomic mass is 19.1. The molecule has 0 aliphatic carbocycles. The first kappa shape index (κ1) is 10.9. The number of ether oxygens (including phenoxy) is 1. The molecule has 0 spiro atoms. The van der Waals surface area contributed by atoms with Crippen LogP contribution < -0.4 is 0 Å². The van der Waals surface area contributed by atoms with Crippen molar-refractivity contribution in [2.24, 2.45) is 0 Å². The molecular weight excluding hydrogens is 173 g/mol. The summed E-state index contributed by atoms with van der Waals surface area (Å²) in [5, 5.41) is 9.17. The van der Waals surface area contributed by atoms with Crippen LogP contribution >= 0.6 is 0 Å². The Balaban J connectivity index is 2.35. The molecule has 0 aromatic carbocycles. The Morgan fingerprint density at radius 2 is 2.46 bits per heavy atom. The minimum absolute atomic E-state index is 0.343. The van der Waals surface area contributed by atoms with Crippen molar-refractivity contribution in [2.45, 2.75) is 25.5 Å². The molecule has 1 aliphatic rings. The van der Waals surface area contributed by atoms with Gasteiger partial charge in [-0.05, 0) is 6.42 Å². The van der Waals surface area contributed by atoms with Gasteiger partial charge in [-0.1, -0.05) is 6.92 Å².